The standard InChI is InChI=1S/C16H20N2O3/c1-10(2)8-11(15(17)19)9-18-16(20)13-4-3-5-14-12(13)6-7-21-14/h3-7,10-11H,8-9H2,1-2H3,(H2,17,19)(H,18,20)/t11-/m0/s1. The van der Waals surface area contributed by atoms with Crippen molar-refractivity contribution in [1.29, 1.82) is 0 Å². The molecule has 0 fully saturated rings. The molecule has 2 rings (SSSR count). The van der Waals surface area contributed by atoms with Crippen molar-refractivity contribution < 1.29 is 14.0 Å². The Kier molecular flexibility index (Phi) is 4.62. The van der Waals surface area contributed by atoms with Gasteiger partial charge in [-0.1, -0.05) is 19.9 Å². The van der Waals surface area contributed by atoms with Gasteiger partial charge in [0.25, 0.3) is 5.91 Å². The molecule has 1 atom stereocenters. The number of hydrogen-bond donors (Lipinski definition) is 2. The first-order chi connectivity index (χ1) is 9.99. The van der Waals surface area contributed by atoms with Crippen molar-refractivity contribution in [2.75, 3.05) is 6.54 Å². The van der Waals surface area contributed by atoms with E-state index in [1.165, 1.54) is 0 Å². The number of nitrogens with two attached hydrogens (primary N) is 1. The van der Waals surface area contributed by atoms with Gasteiger partial charge in [0, 0.05) is 11.9 Å². The number of primary amides is 1. The van der Waals surface area contributed by atoms with E-state index in [-0.39, 0.29) is 24.3 Å². The Hall–Kier alpha value is -2.30. The Balaban J connectivity index is 2.07. The number of benzene rings is 1. The van der Waals surface area contributed by atoms with Crippen molar-refractivity contribution in [3.63, 3.8) is 0 Å². The van der Waals surface area contributed by atoms with E-state index in [0.29, 0.717) is 23.5 Å². The summed E-state index contributed by atoms with van der Waals surface area (Å²) in [5.74, 6) is -0.614. The van der Waals surface area contributed by atoms with Crippen LogP contribution >= 0.6 is 0 Å². The minimum Gasteiger partial charge on any atom is -0.464 e. The van der Waals surface area contributed by atoms with E-state index in [1.807, 2.05) is 13.8 Å². The maximum absolute atomic E-state index is 12.3. The highest BCUT2D eigenvalue weighted by Crippen LogP contribution is 2.20. The van der Waals surface area contributed by atoms with Gasteiger partial charge in [-0.15, -0.1) is 0 Å². The zero-order valence-corrected chi connectivity index (χ0v) is 12.3. The molecule has 3 N–H and O–H groups in total. The Bertz CT molecular complexity index is 646. The summed E-state index contributed by atoms with van der Waals surface area (Å²) in [7, 11) is 0. The number of nitrogens with one attached hydrogen (secondary N) is 1. The SMILES string of the molecule is CC(C)C[C@@H](CNC(=O)c1cccc2occc12)C(N)=O. The molecule has 1 aromatic carbocycles. The molecule has 112 valence electrons. The molecule has 0 aliphatic carbocycles. The number of carbonyl (C=O) groups excluding carboxylic acids is 2. The van der Waals surface area contributed by atoms with Crippen molar-refractivity contribution >= 4 is 22.8 Å². The third-order valence-electron chi connectivity index (χ3n) is 3.41. The lowest BCUT2D eigenvalue weighted by molar-refractivity contribution is -0.122. The van der Waals surface area contributed by atoms with Crippen molar-refractivity contribution in [3.8, 4) is 0 Å². The number of hydrogen-bond acceptors (Lipinski definition) is 3. The van der Waals surface area contributed by atoms with E-state index in [0.717, 1.165) is 5.39 Å². The number of amides is 2. The van der Waals surface area contributed by atoms with Crippen LogP contribution in [0.2, 0.25) is 0 Å². The van der Waals surface area contributed by atoms with Gasteiger partial charge in [-0.05, 0) is 30.5 Å². The summed E-state index contributed by atoms with van der Waals surface area (Å²) in [5.41, 5.74) is 6.58. The lowest BCUT2D eigenvalue weighted by Gasteiger charge is -2.16. The molecule has 0 aliphatic heterocycles. The van der Waals surface area contributed by atoms with Gasteiger partial charge >= 0.3 is 0 Å². The molecule has 2 amide bonds. The van der Waals surface area contributed by atoms with Crippen molar-refractivity contribution in [3.05, 3.63) is 36.1 Å². The molecule has 5 heteroatoms. The van der Waals surface area contributed by atoms with E-state index in [4.69, 9.17) is 10.2 Å². The van der Waals surface area contributed by atoms with Crippen molar-refractivity contribution in [1.82, 2.24) is 5.32 Å². The zero-order chi connectivity index (χ0) is 15.4. The predicted octanol–water partition coefficient (Wildman–Crippen LogP) is 2.31. The van der Waals surface area contributed by atoms with Crippen LogP contribution in [0.5, 0.6) is 0 Å². The average Bonchev–Trinajstić information content (AvgIpc) is 2.90. The van der Waals surface area contributed by atoms with Gasteiger partial charge in [-0.2, -0.15) is 0 Å². The summed E-state index contributed by atoms with van der Waals surface area (Å²) >= 11 is 0. The quantitative estimate of drug-likeness (QED) is 0.855. The first kappa shape index (κ1) is 15.1. The molecule has 0 aliphatic rings. The predicted molar refractivity (Wildman–Crippen MR) is 80.7 cm³/mol. The van der Waals surface area contributed by atoms with Gasteiger partial charge in [-0.25, -0.2) is 0 Å². The highest BCUT2D eigenvalue weighted by Gasteiger charge is 2.19. The van der Waals surface area contributed by atoms with Gasteiger partial charge in [-0.3, -0.25) is 9.59 Å². The van der Waals surface area contributed by atoms with Crippen LogP contribution < -0.4 is 11.1 Å². The molecular formula is C16H20N2O3. The lowest BCUT2D eigenvalue weighted by atomic mass is 9.96. The third-order valence-corrected chi connectivity index (χ3v) is 3.41. The van der Waals surface area contributed by atoms with E-state index >= 15 is 0 Å². The van der Waals surface area contributed by atoms with E-state index in [9.17, 15) is 9.59 Å². The highest BCUT2D eigenvalue weighted by atomic mass is 16.3. The molecule has 0 bridgehead atoms. The monoisotopic (exact) mass is 288 g/mol. The minimum atomic E-state index is -0.384. The fraction of sp³-hybridized carbons (Fsp3) is 0.375. The topological polar surface area (TPSA) is 85.3 Å². The third kappa shape index (κ3) is 3.62. The van der Waals surface area contributed by atoms with E-state index in [1.54, 1.807) is 30.5 Å². The second-order valence-corrected chi connectivity index (χ2v) is 5.58. The van der Waals surface area contributed by atoms with Crippen LogP contribution in [0.4, 0.5) is 0 Å². The summed E-state index contributed by atoms with van der Waals surface area (Å²) < 4.78 is 5.27. The van der Waals surface area contributed by atoms with Crippen LogP contribution in [0.1, 0.15) is 30.6 Å². The lowest BCUT2D eigenvalue weighted by Crippen LogP contribution is -2.36. The Labute approximate surface area is 123 Å². The summed E-state index contributed by atoms with van der Waals surface area (Å²) in [6.07, 6.45) is 2.21. The van der Waals surface area contributed by atoms with Crippen LogP contribution in [-0.2, 0) is 4.79 Å². The second-order valence-electron chi connectivity index (χ2n) is 5.58. The van der Waals surface area contributed by atoms with Crippen LogP contribution in [-0.4, -0.2) is 18.4 Å². The first-order valence-corrected chi connectivity index (χ1v) is 7.02. The first-order valence-electron chi connectivity index (χ1n) is 7.02. The molecule has 0 spiro atoms. The van der Waals surface area contributed by atoms with E-state index in [2.05, 4.69) is 5.32 Å². The summed E-state index contributed by atoms with van der Waals surface area (Å²) in [4.78, 5) is 23.7. The number of fused-ring (bicyclic) bond motifs is 1. The minimum absolute atomic E-state index is 0.225. The zero-order valence-electron chi connectivity index (χ0n) is 12.3. The normalized spacial score (nSPS) is 12.5. The van der Waals surface area contributed by atoms with Crippen LogP contribution in [0, 0.1) is 11.8 Å². The van der Waals surface area contributed by atoms with Crippen molar-refractivity contribution in [2.45, 2.75) is 20.3 Å². The highest BCUT2D eigenvalue weighted by molar-refractivity contribution is 6.06. The largest absolute Gasteiger partial charge is 0.464 e. The average molecular weight is 288 g/mol. The summed E-state index contributed by atoms with van der Waals surface area (Å²) in [5, 5.41) is 3.55. The number of carbonyl (C=O) groups is 2. The van der Waals surface area contributed by atoms with E-state index < -0.39 is 0 Å². The summed E-state index contributed by atoms with van der Waals surface area (Å²) in [6.45, 7) is 4.29. The molecule has 0 radical (unpaired) electrons. The Morgan fingerprint density at radius 2 is 2.05 bits per heavy atom. The fourth-order valence-electron chi connectivity index (χ4n) is 2.37. The van der Waals surface area contributed by atoms with Gasteiger partial charge in [0.1, 0.15) is 5.58 Å². The van der Waals surface area contributed by atoms with Crippen molar-refractivity contribution in [2.24, 2.45) is 17.6 Å². The molecular weight excluding hydrogens is 268 g/mol. The molecule has 0 saturated carbocycles. The Morgan fingerprint density at radius 1 is 1.29 bits per heavy atom. The van der Waals surface area contributed by atoms with Gasteiger partial charge < -0.3 is 15.5 Å². The molecule has 21 heavy (non-hydrogen) atoms. The fourth-order valence-corrected chi connectivity index (χ4v) is 2.37. The maximum atomic E-state index is 12.3. The number of rotatable bonds is 6. The van der Waals surface area contributed by atoms with Gasteiger partial charge in [0.05, 0.1) is 17.7 Å². The second kappa shape index (κ2) is 6.43. The molecule has 1 aromatic heterocycles. The molecule has 1 heterocycles. The van der Waals surface area contributed by atoms with Gasteiger partial charge in [0.2, 0.25) is 5.91 Å². The Morgan fingerprint density at radius 3 is 2.71 bits per heavy atom. The molecule has 0 unspecified atom stereocenters. The summed E-state index contributed by atoms with van der Waals surface area (Å²) in [6, 6.07) is 7.05. The van der Waals surface area contributed by atoms with Crippen LogP contribution in [0.15, 0.2) is 34.9 Å². The number of furan rings is 1. The van der Waals surface area contributed by atoms with Gasteiger partial charge in [0.15, 0.2) is 0 Å². The maximum Gasteiger partial charge on any atom is 0.252 e. The van der Waals surface area contributed by atoms with Crippen LogP contribution in [0.25, 0.3) is 11.0 Å². The smallest absolute Gasteiger partial charge is 0.252 e. The van der Waals surface area contributed by atoms with Crippen LogP contribution in [0.3, 0.4) is 0 Å². The molecule has 5 nitrogen and oxygen atoms in total. The molecule has 0 saturated heterocycles. The molecule has 2 aromatic rings.